The number of hydrogen-bond acceptors (Lipinski definition) is 5. The van der Waals surface area contributed by atoms with Crippen LogP contribution in [0.25, 0.3) is 11.0 Å². The molecule has 0 radical (unpaired) electrons. The summed E-state index contributed by atoms with van der Waals surface area (Å²) in [6, 6.07) is 8.03. The van der Waals surface area contributed by atoms with E-state index in [0.717, 1.165) is 27.4 Å². The van der Waals surface area contributed by atoms with Crippen molar-refractivity contribution in [3.63, 3.8) is 0 Å². The second-order valence-corrected chi connectivity index (χ2v) is 5.64. The van der Waals surface area contributed by atoms with E-state index in [4.69, 9.17) is 4.74 Å². The van der Waals surface area contributed by atoms with Gasteiger partial charge in [-0.2, -0.15) is 5.10 Å². The minimum atomic E-state index is 0.221. The Hall–Kier alpha value is -2.08. The number of hydrogen-bond donors (Lipinski definition) is 1. The van der Waals surface area contributed by atoms with Crippen LogP contribution in [0.5, 0.6) is 5.75 Å². The van der Waals surface area contributed by atoms with Crippen molar-refractivity contribution < 1.29 is 4.74 Å². The molecule has 2 aromatic heterocycles. The highest BCUT2D eigenvalue weighted by atomic mass is 32.2. The van der Waals surface area contributed by atoms with Gasteiger partial charge in [-0.15, -0.1) is 0 Å². The fourth-order valence-electron chi connectivity index (χ4n) is 2.07. The van der Waals surface area contributed by atoms with Crippen LogP contribution >= 0.6 is 11.8 Å². The molecule has 1 aromatic carbocycles. The molecule has 0 spiro atoms. The Kier molecular flexibility index (Phi) is 3.56. The molecule has 0 saturated heterocycles. The Morgan fingerprint density at radius 3 is 2.95 bits per heavy atom. The maximum Gasteiger partial charge on any atom is 0.159 e. The standard InChI is InChI=1S/C14H14N4OS/c1-9(10-5-3-4-6-12(10)19-2)20-14-11-7-17-18-13(11)15-8-16-14/h3-9H,1-2H3,(H,15,16,17,18)/t9-/m1/s1. The summed E-state index contributed by atoms with van der Waals surface area (Å²) in [6.07, 6.45) is 3.31. The summed E-state index contributed by atoms with van der Waals surface area (Å²) in [7, 11) is 1.69. The molecule has 6 heteroatoms. The molecule has 0 aliphatic rings. The van der Waals surface area contributed by atoms with E-state index in [2.05, 4.69) is 33.2 Å². The predicted octanol–water partition coefficient (Wildman–Crippen LogP) is 3.21. The van der Waals surface area contributed by atoms with Crippen LogP contribution < -0.4 is 4.74 Å². The molecule has 0 aliphatic carbocycles. The zero-order valence-electron chi connectivity index (χ0n) is 11.2. The molecular formula is C14H14N4OS. The minimum Gasteiger partial charge on any atom is -0.496 e. The first-order chi connectivity index (χ1) is 9.79. The van der Waals surface area contributed by atoms with Gasteiger partial charge in [-0.25, -0.2) is 9.97 Å². The van der Waals surface area contributed by atoms with Gasteiger partial charge in [0, 0.05) is 10.8 Å². The first-order valence-corrected chi connectivity index (χ1v) is 7.11. The number of H-pyrrole nitrogens is 1. The van der Waals surface area contributed by atoms with Crippen LogP contribution in [-0.2, 0) is 0 Å². The topological polar surface area (TPSA) is 63.7 Å². The molecular weight excluding hydrogens is 272 g/mol. The Bertz CT molecular complexity index is 728. The molecule has 20 heavy (non-hydrogen) atoms. The first-order valence-electron chi connectivity index (χ1n) is 6.23. The highest BCUT2D eigenvalue weighted by Crippen LogP contribution is 2.39. The second-order valence-electron chi connectivity index (χ2n) is 4.31. The molecule has 1 N–H and O–H groups in total. The van der Waals surface area contributed by atoms with Gasteiger partial charge in [0.25, 0.3) is 0 Å². The van der Waals surface area contributed by atoms with E-state index in [1.54, 1.807) is 31.4 Å². The summed E-state index contributed by atoms with van der Waals surface area (Å²) >= 11 is 1.67. The van der Waals surface area contributed by atoms with Crippen molar-refractivity contribution in [1.82, 2.24) is 20.2 Å². The van der Waals surface area contributed by atoms with E-state index >= 15 is 0 Å². The van der Waals surface area contributed by atoms with Gasteiger partial charge in [0.2, 0.25) is 0 Å². The van der Waals surface area contributed by atoms with Crippen molar-refractivity contribution in [2.75, 3.05) is 7.11 Å². The zero-order chi connectivity index (χ0) is 13.9. The fourth-order valence-corrected chi connectivity index (χ4v) is 3.11. The van der Waals surface area contributed by atoms with E-state index in [9.17, 15) is 0 Å². The lowest BCUT2D eigenvalue weighted by molar-refractivity contribution is 0.410. The van der Waals surface area contributed by atoms with Crippen LogP contribution in [0.3, 0.4) is 0 Å². The van der Waals surface area contributed by atoms with Crippen LogP contribution in [0.1, 0.15) is 17.7 Å². The van der Waals surface area contributed by atoms with Crippen LogP contribution in [0.4, 0.5) is 0 Å². The molecule has 0 aliphatic heterocycles. The molecule has 5 nitrogen and oxygen atoms in total. The third-order valence-electron chi connectivity index (χ3n) is 3.08. The monoisotopic (exact) mass is 286 g/mol. The van der Waals surface area contributed by atoms with E-state index < -0.39 is 0 Å². The van der Waals surface area contributed by atoms with Gasteiger partial charge in [0.1, 0.15) is 17.1 Å². The molecule has 0 saturated carbocycles. The van der Waals surface area contributed by atoms with Gasteiger partial charge in [-0.1, -0.05) is 30.0 Å². The Balaban J connectivity index is 1.92. The number of para-hydroxylation sites is 1. The number of ether oxygens (including phenoxy) is 1. The highest BCUT2D eigenvalue weighted by molar-refractivity contribution is 7.99. The molecule has 0 amide bonds. The number of methoxy groups -OCH3 is 1. The van der Waals surface area contributed by atoms with Crippen molar-refractivity contribution in [3.8, 4) is 5.75 Å². The lowest BCUT2D eigenvalue weighted by Gasteiger charge is -2.14. The van der Waals surface area contributed by atoms with Crippen LogP contribution in [0.15, 0.2) is 41.8 Å². The Morgan fingerprint density at radius 2 is 2.10 bits per heavy atom. The summed E-state index contributed by atoms with van der Waals surface area (Å²) < 4.78 is 5.41. The maximum atomic E-state index is 5.41. The van der Waals surface area contributed by atoms with Gasteiger partial charge in [0.05, 0.1) is 18.7 Å². The van der Waals surface area contributed by atoms with Gasteiger partial charge in [-0.3, -0.25) is 5.10 Å². The summed E-state index contributed by atoms with van der Waals surface area (Å²) in [4.78, 5) is 8.50. The van der Waals surface area contributed by atoms with Gasteiger partial charge >= 0.3 is 0 Å². The largest absolute Gasteiger partial charge is 0.496 e. The number of nitrogens with one attached hydrogen (secondary N) is 1. The lowest BCUT2D eigenvalue weighted by Crippen LogP contribution is -1.95. The molecule has 0 unspecified atom stereocenters. The van der Waals surface area contributed by atoms with Crippen molar-refractivity contribution in [2.24, 2.45) is 0 Å². The molecule has 102 valence electrons. The minimum absolute atomic E-state index is 0.221. The van der Waals surface area contributed by atoms with Crippen molar-refractivity contribution in [3.05, 3.63) is 42.4 Å². The average Bonchev–Trinajstić information content (AvgIpc) is 2.96. The number of thioether (sulfide) groups is 1. The van der Waals surface area contributed by atoms with Gasteiger partial charge in [0.15, 0.2) is 5.65 Å². The fraction of sp³-hybridized carbons (Fsp3) is 0.214. The number of rotatable bonds is 4. The van der Waals surface area contributed by atoms with Gasteiger partial charge in [-0.05, 0) is 13.0 Å². The lowest BCUT2D eigenvalue weighted by atomic mass is 10.1. The predicted molar refractivity (Wildman–Crippen MR) is 78.9 cm³/mol. The molecule has 0 fully saturated rings. The number of fused-ring (bicyclic) bond motifs is 1. The first kappa shape index (κ1) is 12.9. The maximum absolute atomic E-state index is 5.41. The van der Waals surface area contributed by atoms with Crippen molar-refractivity contribution in [1.29, 1.82) is 0 Å². The third-order valence-corrected chi connectivity index (χ3v) is 4.23. The zero-order valence-corrected chi connectivity index (χ0v) is 12.0. The van der Waals surface area contributed by atoms with Crippen LogP contribution in [-0.4, -0.2) is 27.3 Å². The van der Waals surface area contributed by atoms with Crippen molar-refractivity contribution in [2.45, 2.75) is 17.2 Å². The SMILES string of the molecule is COc1ccccc1[C@@H](C)Sc1ncnc2[nH]ncc12. The normalized spacial score (nSPS) is 12.5. The molecule has 2 heterocycles. The average molecular weight is 286 g/mol. The smallest absolute Gasteiger partial charge is 0.159 e. The van der Waals surface area contributed by atoms with E-state index in [1.807, 2.05) is 18.2 Å². The number of benzene rings is 1. The van der Waals surface area contributed by atoms with Crippen LogP contribution in [0, 0.1) is 0 Å². The summed E-state index contributed by atoms with van der Waals surface area (Å²) in [6.45, 7) is 2.14. The molecule has 3 rings (SSSR count). The number of aromatic nitrogens is 4. The summed E-state index contributed by atoms with van der Waals surface area (Å²) in [5.41, 5.74) is 1.91. The van der Waals surface area contributed by atoms with Gasteiger partial charge < -0.3 is 4.74 Å². The number of nitrogens with zero attached hydrogens (tertiary/aromatic N) is 3. The second kappa shape index (κ2) is 5.50. The highest BCUT2D eigenvalue weighted by Gasteiger charge is 2.15. The van der Waals surface area contributed by atoms with E-state index in [1.165, 1.54) is 0 Å². The molecule has 0 bridgehead atoms. The number of aromatic amines is 1. The van der Waals surface area contributed by atoms with E-state index in [0.29, 0.717) is 0 Å². The summed E-state index contributed by atoms with van der Waals surface area (Å²) in [5, 5.41) is 8.95. The third kappa shape index (κ3) is 2.34. The Labute approximate surface area is 120 Å². The quantitative estimate of drug-likeness (QED) is 0.589. The molecule has 3 aromatic rings. The summed E-state index contributed by atoms with van der Waals surface area (Å²) in [5.74, 6) is 0.894. The Morgan fingerprint density at radius 1 is 1.25 bits per heavy atom. The van der Waals surface area contributed by atoms with Crippen LogP contribution in [0.2, 0.25) is 0 Å². The van der Waals surface area contributed by atoms with Crippen molar-refractivity contribution >= 4 is 22.8 Å². The van der Waals surface area contributed by atoms with E-state index in [-0.39, 0.29) is 5.25 Å². The molecule has 1 atom stereocenters.